The molecule has 0 aromatic rings. The van der Waals surface area contributed by atoms with Gasteiger partial charge in [-0.15, -0.1) is 0 Å². The molecule has 0 fully saturated rings. The largest absolute Gasteiger partial charge is 0.315 e. The molecule has 0 radical (unpaired) electrons. The summed E-state index contributed by atoms with van der Waals surface area (Å²) >= 11 is 0. The fraction of sp³-hybridized carbons (Fsp3) is 1.00. The van der Waals surface area contributed by atoms with E-state index in [-0.39, 0.29) is 0 Å². The molecule has 3 heteroatoms. The third-order valence-electron chi connectivity index (χ3n) is 3.33. The highest BCUT2D eigenvalue weighted by Gasteiger charge is 2.09. The topological polar surface area (TPSA) is 27.3 Å². The summed E-state index contributed by atoms with van der Waals surface area (Å²) in [6.45, 7) is 15.4. The normalized spacial score (nSPS) is 12.5. The van der Waals surface area contributed by atoms with E-state index in [1.54, 1.807) is 0 Å². The van der Waals surface area contributed by atoms with Gasteiger partial charge in [0.25, 0.3) is 0 Å². The minimum Gasteiger partial charge on any atom is -0.315 e. The Balaban J connectivity index is 0. The minimum absolute atomic E-state index is 0.591. The number of nitrogens with one attached hydrogen (secondary N) is 2. The van der Waals surface area contributed by atoms with Crippen molar-refractivity contribution in [1.29, 1.82) is 0 Å². The van der Waals surface area contributed by atoms with Crippen molar-refractivity contribution in [3.05, 3.63) is 0 Å². The summed E-state index contributed by atoms with van der Waals surface area (Å²) in [6, 6.07) is 0.591. The van der Waals surface area contributed by atoms with Gasteiger partial charge in [0, 0.05) is 12.6 Å². The van der Waals surface area contributed by atoms with E-state index in [0.29, 0.717) is 12.0 Å². The zero-order valence-electron chi connectivity index (χ0n) is 14.6. The standard InChI is InChI=1S/C14H33N3.C2H6/c1-6-7-10-17(5)11-8-9-16-12-14(15-4)13(2)3;1-2/h13-16H,6-12H2,1-5H3;1-2H3. The first-order chi connectivity index (χ1) is 9.11. The van der Waals surface area contributed by atoms with E-state index >= 15 is 0 Å². The number of rotatable bonds is 11. The highest BCUT2D eigenvalue weighted by Crippen LogP contribution is 1.99. The second-order valence-electron chi connectivity index (χ2n) is 5.35. The summed E-state index contributed by atoms with van der Waals surface area (Å²) in [5.41, 5.74) is 0. The molecular weight excluding hydrogens is 234 g/mol. The quantitative estimate of drug-likeness (QED) is 0.567. The van der Waals surface area contributed by atoms with Crippen molar-refractivity contribution >= 4 is 0 Å². The highest BCUT2D eigenvalue weighted by atomic mass is 15.1. The molecule has 3 nitrogen and oxygen atoms in total. The van der Waals surface area contributed by atoms with Gasteiger partial charge in [-0.2, -0.15) is 0 Å². The van der Waals surface area contributed by atoms with E-state index in [4.69, 9.17) is 0 Å². The van der Waals surface area contributed by atoms with Crippen molar-refractivity contribution in [2.45, 2.75) is 59.9 Å². The van der Waals surface area contributed by atoms with Crippen LogP contribution in [0.4, 0.5) is 0 Å². The van der Waals surface area contributed by atoms with Crippen LogP contribution in [-0.4, -0.2) is 51.2 Å². The lowest BCUT2D eigenvalue weighted by molar-refractivity contribution is 0.318. The molecule has 0 aromatic carbocycles. The molecule has 0 heterocycles. The van der Waals surface area contributed by atoms with Crippen molar-refractivity contribution in [2.24, 2.45) is 5.92 Å². The number of hydrogen-bond acceptors (Lipinski definition) is 3. The second kappa shape index (κ2) is 15.9. The van der Waals surface area contributed by atoms with Gasteiger partial charge >= 0.3 is 0 Å². The molecule has 0 spiro atoms. The van der Waals surface area contributed by atoms with E-state index in [0.717, 1.165) is 13.1 Å². The van der Waals surface area contributed by atoms with Crippen LogP contribution in [0, 0.1) is 5.92 Å². The Bertz CT molecular complexity index is 160. The zero-order chi connectivity index (χ0) is 15.1. The maximum absolute atomic E-state index is 3.54. The molecule has 0 saturated heterocycles. The van der Waals surface area contributed by atoms with Crippen molar-refractivity contribution in [1.82, 2.24) is 15.5 Å². The van der Waals surface area contributed by atoms with Crippen LogP contribution < -0.4 is 10.6 Å². The number of nitrogens with zero attached hydrogens (tertiary/aromatic N) is 1. The van der Waals surface area contributed by atoms with E-state index in [2.05, 4.69) is 43.4 Å². The van der Waals surface area contributed by atoms with E-state index < -0.39 is 0 Å². The maximum atomic E-state index is 3.54. The van der Waals surface area contributed by atoms with E-state index in [1.165, 1.54) is 32.4 Å². The first-order valence-corrected chi connectivity index (χ1v) is 8.18. The van der Waals surface area contributed by atoms with Gasteiger partial charge in [-0.3, -0.25) is 0 Å². The second-order valence-corrected chi connectivity index (χ2v) is 5.35. The summed E-state index contributed by atoms with van der Waals surface area (Å²) in [6.07, 6.45) is 3.86. The molecule has 0 saturated carbocycles. The van der Waals surface area contributed by atoms with Crippen molar-refractivity contribution < 1.29 is 0 Å². The first kappa shape index (κ1) is 21.2. The smallest absolute Gasteiger partial charge is 0.0212 e. The Kier molecular flexibility index (Phi) is 17.8. The van der Waals surface area contributed by atoms with Crippen molar-refractivity contribution in [3.8, 4) is 0 Å². The third kappa shape index (κ3) is 14.1. The van der Waals surface area contributed by atoms with Crippen molar-refractivity contribution in [3.63, 3.8) is 0 Å². The molecule has 0 bridgehead atoms. The van der Waals surface area contributed by atoms with Crippen LogP contribution in [0.2, 0.25) is 0 Å². The Labute approximate surface area is 122 Å². The lowest BCUT2D eigenvalue weighted by Gasteiger charge is -2.21. The Morgan fingerprint density at radius 2 is 1.63 bits per heavy atom. The number of likely N-dealkylation sites (N-methyl/N-ethyl adjacent to an activating group) is 1. The van der Waals surface area contributed by atoms with Crippen LogP contribution in [0.15, 0.2) is 0 Å². The van der Waals surface area contributed by atoms with Gasteiger partial charge in [0.05, 0.1) is 0 Å². The predicted molar refractivity (Wildman–Crippen MR) is 88.9 cm³/mol. The molecule has 1 unspecified atom stereocenters. The number of hydrogen-bond donors (Lipinski definition) is 2. The minimum atomic E-state index is 0.591. The predicted octanol–water partition coefficient (Wildman–Crippen LogP) is 2.97. The fourth-order valence-electron chi connectivity index (χ4n) is 1.94. The molecule has 2 N–H and O–H groups in total. The van der Waals surface area contributed by atoms with Crippen LogP contribution in [-0.2, 0) is 0 Å². The Morgan fingerprint density at radius 3 is 2.11 bits per heavy atom. The van der Waals surface area contributed by atoms with Crippen LogP contribution in [0.3, 0.4) is 0 Å². The van der Waals surface area contributed by atoms with Gasteiger partial charge in [0.2, 0.25) is 0 Å². The average molecular weight is 274 g/mol. The molecule has 0 aromatic heterocycles. The summed E-state index contributed by atoms with van der Waals surface area (Å²) in [5, 5.41) is 6.90. The summed E-state index contributed by atoms with van der Waals surface area (Å²) in [7, 11) is 4.27. The van der Waals surface area contributed by atoms with Crippen LogP contribution in [0.5, 0.6) is 0 Å². The zero-order valence-corrected chi connectivity index (χ0v) is 14.6. The third-order valence-corrected chi connectivity index (χ3v) is 3.33. The lowest BCUT2D eigenvalue weighted by Crippen LogP contribution is -2.41. The van der Waals surface area contributed by atoms with E-state index in [9.17, 15) is 0 Å². The number of unbranched alkanes of at least 4 members (excludes halogenated alkanes) is 1. The van der Waals surface area contributed by atoms with Gasteiger partial charge in [0.1, 0.15) is 0 Å². The Morgan fingerprint density at radius 1 is 1.05 bits per heavy atom. The first-order valence-electron chi connectivity index (χ1n) is 8.18. The molecule has 1 atom stereocenters. The molecule has 19 heavy (non-hydrogen) atoms. The molecule has 118 valence electrons. The highest BCUT2D eigenvalue weighted by molar-refractivity contribution is 4.71. The summed E-state index contributed by atoms with van der Waals surface area (Å²) < 4.78 is 0. The molecule has 0 aliphatic carbocycles. The van der Waals surface area contributed by atoms with Crippen LogP contribution >= 0.6 is 0 Å². The molecule has 0 amide bonds. The van der Waals surface area contributed by atoms with E-state index in [1.807, 2.05) is 20.9 Å². The lowest BCUT2D eigenvalue weighted by atomic mass is 10.1. The van der Waals surface area contributed by atoms with Gasteiger partial charge < -0.3 is 15.5 Å². The molecule has 0 aliphatic rings. The monoisotopic (exact) mass is 273 g/mol. The summed E-state index contributed by atoms with van der Waals surface area (Å²) in [4.78, 5) is 2.43. The van der Waals surface area contributed by atoms with Crippen molar-refractivity contribution in [2.75, 3.05) is 40.3 Å². The summed E-state index contributed by atoms with van der Waals surface area (Å²) in [5.74, 6) is 0.694. The molecular formula is C16H39N3. The van der Waals surface area contributed by atoms with Gasteiger partial charge in [-0.05, 0) is 52.5 Å². The Hall–Kier alpha value is -0.120. The average Bonchev–Trinajstić information content (AvgIpc) is 2.42. The van der Waals surface area contributed by atoms with Crippen LogP contribution in [0.25, 0.3) is 0 Å². The van der Waals surface area contributed by atoms with Gasteiger partial charge in [-0.1, -0.05) is 41.0 Å². The molecule has 0 aliphatic heterocycles. The van der Waals surface area contributed by atoms with Crippen LogP contribution in [0.1, 0.15) is 53.9 Å². The SMILES string of the molecule is CC.CCCCN(C)CCCNCC(NC)C(C)C. The molecule has 0 rings (SSSR count). The van der Waals surface area contributed by atoms with Gasteiger partial charge in [-0.25, -0.2) is 0 Å². The van der Waals surface area contributed by atoms with Gasteiger partial charge in [0.15, 0.2) is 0 Å². The fourth-order valence-corrected chi connectivity index (χ4v) is 1.94. The maximum Gasteiger partial charge on any atom is 0.0212 e.